The average Bonchev–Trinajstić information content (AvgIpc) is 2.03. The maximum atomic E-state index is 10.4. The highest BCUT2D eigenvalue weighted by atomic mass is 16.9. The summed E-state index contributed by atoms with van der Waals surface area (Å²) in [5, 5.41) is 8.48. The average molecular weight is 202 g/mol. The van der Waals surface area contributed by atoms with E-state index in [0.29, 0.717) is 6.42 Å². The van der Waals surface area contributed by atoms with Gasteiger partial charge in [0.05, 0.1) is 18.9 Å². The van der Waals surface area contributed by atoms with Crippen LogP contribution in [0.3, 0.4) is 0 Å². The minimum absolute atomic E-state index is 0.247. The van der Waals surface area contributed by atoms with E-state index in [1.165, 1.54) is 0 Å². The van der Waals surface area contributed by atoms with Gasteiger partial charge in [0.1, 0.15) is 0 Å². The molecule has 0 saturated heterocycles. The number of rotatable bonds is 7. The van der Waals surface area contributed by atoms with Gasteiger partial charge in [0.15, 0.2) is 0 Å². The first-order valence-corrected chi connectivity index (χ1v) is 4.09. The summed E-state index contributed by atoms with van der Waals surface area (Å²) in [4.78, 5) is 10.4. The van der Waals surface area contributed by atoms with E-state index in [4.69, 9.17) is 14.6 Å². The Morgan fingerprint density at radius 3 is 2.21 bits per heavy atom. The van der Waals surface area contributed by atoms with Crippen molar-refractivity contribution >= 4 is 6.16 Å². The molecule has 14 heavy (non-hydrogen) atoms. The molecule has 0 heterocycles. The van der Waals surface area contributed by atoms with Crippen LogP contribution < -0.4 is 0 Å². The van der Waals surface area contributed by atoms with Crippen molar-refractivity contribution in [1.29, 1.82) is 0 Å². The Balaban J connectivity index is 4.60. The van der Waals surface area contributed by atoms with Crippen molar-refractivity contribution in [2.75, 3.05) is 0 Å². The van der Waals surface area contributed by atoms with Gasteiger partial charge in [0.25, 0.3) is 0 Å². The lowest BCUT2D eigenvalue weighted by molar-refractivity contribution is -0.319. The van der Waals surface area contributed by atoms with Crippen LogP contribution in [0.15, 0.2) is 25.7 Å². The number of hydrogen-bond acceptors (Lipinski definition) is 4. The Labute approximate surface area is 82.6 Å². The minimum atomic E-state index is -1.66. The zero-order chi connectivity index (χ0) is 11.0. The fourth-order valence-electron chi connectivity index (χ4n) is 0.938. The molecule has 0 aromatic rings. The van der Waals surface area contributed by atoms with E-state index < -0.39 is 12.1 Å². The van der Waals surface area contributed by atoms with E-state index in [1.54, 1.807) is 0 Å². The summed E-state index contributed by atoms with van der Waals surface area (Å²) in [7, 11) is 0. The molecule has 0 aliphatic carbocycles. The zero-order valence-electron chi connectivity index (χ0n) is 8.06. The van der Waals surface area contributed by atoms with Crippen molar-refractivity contribution in [3.8, 4) is 0 Å². The third-order valence-corrected chi connectivity index (χ3v) is 1.32. The fourth-order valence-corrected chi connectivity index (χ4v) is 0.938. The maximum absolute atomic E-state index is 10.4. The van der Waals surface area contributed by atoms with Crippen molar-refractivity contribution in [2.24, 2.45) is 0 Å². The molecule has 5 heteroatoms. The Bertz CT molecular complexity index is 201. The molecule has 0 aliphatic rings. The van der Waals surface area contributed by atoms with Gasteiger partial charge in [0, 0.05) is 0 Å². The number of hydrogen-bond donors (Lipinski definition) is 1. The molecular weight excluding hydrogens is 188 g/mol. The van der Waals surface area contributed by atoms with Gasteiger partial charge in [-0.1, -0.05) is 20.1 Å². The van der Waals surface area contributed by atoms with E-state index in [-0.39, 0.29) is 6.42 Å². The van der Waals surface area contributed by atoms with E-state index >= 15 is 0 Å². The van der Waals surface area contributed by atoms with E-state index in [2.05, 4.69) is 17.9 Å². The van der Waals surface area contributed by atoms with Crippen molar-refractivity contribution in [2.45, 2.75) is 25.7 Å². The van der Waals surface area contributed by atoms with Crippen LogP contribution in [-0.4, -0.2) is 17.2 Å². The molecule has 0 atom stereocenters. The third-order valence-electron chi connectivity index (χ3n) is 1.32. The first-order chi connectivity index (χ1) is 6.60. The largest absolute Gasteiger partial charge is 0.511 e. The Hall–Kier alpha value is -1.65. The molecule has 0 rings (SSSR count). The highest BCUT2D eigenvalue weighted by molar-refractivity contribution is 5.57. The Morgan fingerprint density at radius 1 is 1.43 bits per heavy atom. The lowest BCUT2D eigenvalue weighted by Crippen LogP contribution is -2.37. The van der Waals surface area contributed by atoms with Crippen molar-refractivity contribution < 1.29 is 24.1 Å². The van der Waals surface area contributed by atoms with Crippen molar-refractivity contribution in [3.05, 3.63) is 25.7 Å². The first-order valence-electron chi connectivity index (χ1n) is 4.09. The molecule has 0 bridgehead atoms. The lowest BCUT2D eigenvalue weighted by atomic mass is 10.3. The van der Waals surface area contributed by atoms with Gasteiger partial charge in [0.2, 0.25) is 0 Å². The van der Waals surface area contributed by atoms with Gasteiger partial charge in [-0.3, -0.25) is 0 Å². The normalized spacial score (nSPS) is 10.1. The molecule has 0 aromatic heterocycles. The van der Waals surface area contributed by atoms with Gasteiger partial charge < -0.3 is 19.3 Å². The van der Waals surface area contributed by atoms with Gasteiger partial charge in [-0.05, 0) is 6.42 Å². The Morgan fingerprint density at radius 2 is 1.93 bits per heavy atom. The summed E-state index contributed by atoms with van der Waals surface area (Å²) in [6.45, 7) is 8.45. The van der Waals surface area contributed by atoms with E-state index in [0.717, 1.165) is 12.5 Å². The summed E-state index contributed by atoms with van der Waals surface area (Å²) in [6.07, 6.45) is 1.50. The molecule has 0 saturated carbocycles. The second-order valence-corrected chi connectivity index (χ2v) is 2.37. The summed E-state index contributed by atoms with van der Waals surface area (Å²) < 4.78 is 14.3. The number of carboxylic acid groups (broad SMARTS) is 1. The predicted molar refractivity (Wildman–Crippen MR) is 49.3 cm³/mol. The summed E-state index contributed by atoms with van der Waals surface area (Å²) in [5.41, 5.74) is 0. The second kappa shape index (κ2) is 5.90. The van der Waals surface area contributed by atoms with Crippen LogP contribution in [0.2, 0.25) is 0 Å². The number of carbonyl (C=O) groups is 1. The maximum Gasteiger partial charge on any atom is 0.511 e. The first kappa shape index (κ1) is 12.3. The smallest absolute Gasteiger partial charge is 0.450 e. The third kappa shape index (κ3) is 3.84. The molecule has 0 aliphatic heterocycles. The summed E-state index contributed by atoms with van der Waals surface area (Å²) in [5.74, 6) is -1.66. The highest BCUT2D eigenvalue weighted by Gasteiger charge is 2.37. The summed E-state index contributed by atoms with van der Waals surface area (Å²) in [6, 6.07) is 0. The molecule has 80 valence electrons. The molecule has 0 unspecified atom stereocenters. The summed E-state index contributed by atoms with van der Waals surface area (Å²) >= 11 is 0. The van der Waals surface area contributed by atoms with Crippen molar-refractivity contribution in [3.63, 3.8) is 0 Å². The SMILES string of the molecule is C=COC(CCC)(OC=C)OC(=O)O. The fraction of sp³-hybridized carbons (Fsp3) is 0.444. The minimum Gasteiger partial charge on any atom is -0.450 e. The topological polar surface area (TPSA) is 65.0 Å². The lowest BCUT2D eigenvalue weighted by Gasteiger charge is -2.28. The molecular formula is C9H14O5. The predicted octanol–water partition coefficient (Wildman–Crippen LogP) is 2.46. The standard InChI is InChI=1S/C9H14O5/c1-4-7-9(12-5-2,13-6-3)14-8(10)11/h5-6H,2-4,7H2,1H3,(H,10,11). The van der Waals surface area contributed by atoms with E-state index in [9.17, 15) is 4.79 Å². The van der Waals surface area contributed by atoms with Gasteiger partial charge >= 0.3 is 12.1 Å². The zero-order valence-corrected chi connectivity index (χ0v) is 8.06. The van der Waals surface area contributed by atoms with Crippen LogP contribution in [0.25, 0.3) is 0 Å². The van der Waals surface area contributed by atoms with Crippen LogP contribution in [0.5, 0.6) is 0 Å². The Kier molecular flexibility index (Phi) is 5.21. The van der Waals surface area contributed by atoms with Crippen molar-refractivity contribution in [1.82, 2.24) is 0 Å². The number of ether oxygens (including phenoxy) is 3. The van der Waals surface area contributed by atoms with Crippen LogP contribution in [-0.2, 0) is 14.2 Å². The monoisotopic (exact) mass is 202 g/mol. The molecule has 0 radical (unpaired) electrons. The van der Waals surface area contributed by atoms with Crippen LogP contribution in [0.4, 0.5) is 4.79 Å². The van der Waals surface area contributed by atoms with Gasteiger partial charge in [-0.2, -0.15) is 0 Å². The molecule has 0 fully saturated rings. The highest BCUT2D eigenvalue weighted by Crippen LogP contribution is 2.22. The molecule has 0 spiro atoms. The second-order valence-electron chi connectivity index (χ2n) is 2.37. The van der Waals surface area contributed by atoms with Crippen LogP contribution in [0, 0.1) is 0 Å². The van der Waals surface area contributed by atoms with Crippen LogP contribution >= 0.6 is 0 Å². The molecule has 1 N–H and O–H groups in total. The van der Waals surface area contributed by atoms with Gasteiger partial charge in [-0.15, -0.1) is 0 Å². The van der Waals surface area contributed by atoms with Gasteiger partial charge in [-0.25, -0.2) is 4.79 Å². The van der Waals surface area contributed by atoms with E-state index in [1.807, 2.05) is 6.92 Å². The molecule has 0 amide bonds. The van der Waals surface area contributed by atoms with Crippen LogP contribution in [0.1, 0.15) is 19.8 Å². The quantitative estimate of drug-likeness (QED) is 0.390. The molecule has 0 aromatic carbocycles. The molecule has 5 nitrogen and oxygen atoms in total.